The van der Waals surface area contributed by atoms with E-state index < -0.39 is 28.8 Å². The Labute approximate surface area is 208 Å². The standard InChI is InChI=1S/C20H25NO12S2/c1-27-9-10-30-17(22)28-7-2-8-29-18(23)31-11-20(13-34-35-14-20)12-32-19(24)33-16-5-3-15(4-6-16)21(25)26/h3-6H,2,7-14H2,1H3. The zero-order valence-electron chi connectivity index (χ0n) is 18.8. The molecule has 0 amide bonds. The number of nitrogens with zero attached hydrogens (tertiary/aromatic N) is 1. The molecule has 1 aromatic rings. The third-order valence-corrected chi connectivity index (χ3v) is 7.12. The fourth-order valence-electron chi connectivity index (χ4n) is 2.43. The number of ether oxygens (including phenoxy) is 7. The van der Waals surface area contributed by atoms with Crippen molar-refractivity contribution in [1.29, 1.82) is 0 Å². The number of carbonyl (C=O) groups is 3. The van der Waals surface area contributed by atoms with Gasteiger partial charge < -0.3 is 33.2 Å². The van der Waals surface area contributed by atoms with Crippen molar-refractivity contribution in [2.24, 2.45) is 5.41 Å². The monoisotopic (exact) mass is 535 g/mol. The van der Waals surface area contributed by atoms with Crippen molar-refractivity contribution >= 4 is 45.7 Å². The zero-order chi connectivity index (χ0) is 25.5. The Hall–Kier alpha value is -2.91. The van der Waals surface area contributed by atoms with Crippen molar-refractivity contribution in [3.63, 3.8) is 0 Å². The molecular weight excluding hydrogens is 510 g/mol. The second kappa shape index (κ2) is 15.2. The van der Waals surface area contributed by atoms with Gasteiger partial charge in [-0.25, -0.2) is 14.4 Å². The molecule has 194 valence electrons. The number of non-ortho nitro benzene ring substituents is 1. The number of nitro groups is 1. The van der Waals surface area contributed by atoms with Crippen LogP contribution in [0.1, 0.15) is 6.42 Å². The second-order valence-corrected chi connectivity index (χ2v) is 9.56. The SMILES string of the molecule is COCCOC(=O)OCCCOC(=O)OCC1(COC(=O)Oc2ccc([N+](=O)[O-])cc2)CSSC1. The molecule has 0 aliphatic carbocycles. The Kier molecular flexibility index (Phi) is 12.3. The van der Waals surface area contributed by atoms with E-state index in [1.807, 2.05) is 0 Å². The van der Waals surface area contributed by atoms with Gasteiger partial charge >= 0.3 is 18.5 Å². The molecule has 0 saturated carbocycles. The quantitative estimate of drug-likeness (QED) is 0.0681. The number of rotatable bonds is 13. The van der Waals surface area contributed by atoms with E-state index in [0.29, 0.717) is 11.5 Å². The molecule has 0 radical (unpaired) electrons. The average Bonchev–Trinajstić information content (AvgIpc) is 3.31. The van der Waals surface area contributed by atoms with Gasteiger partial charge in [0.25, 0.3) is 5.69 Å². The summed E-state index contributed by atoms with van der Waals surface area (Å²) in [5.41, 5.74) is -0.764. The van der Waals surface area contributed by atoms with Crippen molar-refractivity contribution in [3.8, 4) is 5.75 Å². The highest BCUT2D eigenvalue weighted by Gasteiger charge is 2.39. The number of nitro benzene ring substituents is 1. The van der Waals surface area contributed by atoms with Gasteiger partial charge in [-0.15, -0.1) is 0 Å². The first-order valence-corrected chi connectivity index (χ1v) is 12.7. The Morgan fingerprint density at radius 3 is 1.97 bits per heavy atom. The smallest absolute Gasteiger partial charge is 0.434 e. The number of carbonyl (C=O) groups excluding carboxylic acids is 3. The van der Waals surface area contributed by atoms with Gasteiger partial charge in [-0.1, -0.05) is 21.6 Å². The lowest BCUT2D eigenvalue weighted by atomic mass is 9.95. The molecule has 0 bridgehead atoms. The lowest BCUT2D eigenvalue weighted by molar-refractivity contribution is -0.384. The summed E-state index contributed by atoms with van der Waals surface area (Å²) in [6.45, 7) is 0.202. The fraction of sp³-hybridized carbons (Fsp3) is 0.550. The molecule has 15 heteroatoms. The van der Waals surface area contributed by atoms with Crippen LogP contribution in [0.5, 0.6) is 5.75 Å². The van der Waals surface area contributed by atoms with E-state index in [2.05, 4.69) is 0 Å². The normalized spacial score (nSPS) is 14.0. The van der Waals surface area contributed by atoms with Gasteiger partial charge in [0.05, 0.1) is 30.2 Å². The van der Waals surface area contributed by atoms with E-state index in [9.17, 15) is 24.5 Å². The van der Waals surface area contributed by atoms with Crippen LogP contribution in [-0.4, -0.2) is 81.6 Å². The molecule has 0 spiro atoms. The summed E-state index contributed by atoms with van der Waals surface area (Å²) in [7, 11) is 4.57. The van der Waals surface area contributed by atoms with Gasteiger partial charge in [-0.05, 0) is 12.1 Å². The fourth-order valence-corrected chi connectivity index (χ4v) is 5.76. The van der Waals surface area contributed by atoms with Crippen LogP contribution in [0, 0.1) is 15.5 Å². The first kappa shape index (κ1) is 28.3. The number of hydrogen-bond donors (Lipinski definition) is 0. The van der Waals surface area contributed by atoms with E-state index in [4.69, 9.17) is 33.2 Å². The van der Waals surface area contributed by atoms with Crippen LogP contribution in [0.3, 0.4) is 0 Å². The summed E-state index contributed by atoms with van der Waals surface area (Å²) >= 11 is 0. The maximum Gasteiger partial charge on any atom is 0.513 e. The molecule has 1 aromatic carbocycles. The van der Waals surface area contributed by atoms with Gasteiger partial charge in [0.1, 0.15) is 25.6 Å². The van der Waals surface area contributed by atoms with E-state index in [0.717, 1.165) is 0 Å². The molecule has 1 fully saturated rings. The van der Waals surface area contributed by atoms with Crippen molar-refractivity contribution in [2.45, 2.75) is 6.42 Å². The molecule has 0 unspecified atom stereocenters. The van der Waals surface area contributed by atoms with Crippen LogP contribution in [0.4, 0.5) is 20.1 Å². The maximum absolute atomic E-state index is 12.0. The molecular formula is C20H25NO12S2. The van der Waals surface area contributed by atoms with Crippen molar-refractivity contribution < 1.29 is 52.5 Å². The van der Waals surface area contributed by atoms with Crippen molar-refractivity contribution in [2.75, 3.05) is 58.3 Å². The zero-order valence-corrected chi connectivity index (χ0v) is 20.5. The molecule has 13 nitrogen and oxygen atoms in total. The molecule has 1 heterocycles. The first-order chi connectivity index (χ1) is 16.8. The molecule has 1 saturated heterocycles. The summed E-state index contributed by atoms with van der Waals surface area (Å²) in [5, 5.41) is 10.7. The van der Waals surface area contributed by atoms with Crippen LogP contribution in [0.25, 0.3) is 0 Å². The van der Waals surface area contributed by atoms with Crippen LogP contribution in [0.2, 0.25) is 0 Å². The predicted molar refractivity (Wildman–Crippen MR) is 124 cm³/mol. The summed E-state index contributed by atoms with van der Waals surface area (Å²) in [6, 6.07) is 4.97. The lowest BCUT2D eigenvalue weighted by Gasteiger charge is -2.25. The van der Waals surface area contributed by atoms with Crippen LogP contribution >= 0.6 is 21.6 Å². The van der Waals surface area contributed by atoms with Crippen molar-refractivity contribution in [3.05, 3.63) is 34.4 Å². The Bertz CT molecular complexity index is 845. The lowest BCUT2D eigenvalue weighted by Crippen LogP contribution is -2.37. The summed E-state index contributed by atoms with van der Waals surface area (Å²) in [4.78, 5) is 45.3. The Morgan fingerprint density at radius 2 is 1.40 bits per heavy atom. The second-order valence-electron chi connectivity index (χ2n) is 7.10. The minimum atomic E-state index is -0.983. The highest BCUT2D eigenvalue weighted by atomic mass is 33.1. The summed E-state index contributed by atoms with van der Waals surface area (Å²) in [5.74, 6) is 1.22. The molecule has 0 aromatic heterocycles. The largest absolute Gasteiger partial charge is 0.513 e. The van der Waals surface area contributed by atoms with E-state index in [1.54, 1.807) is 21.6 Å². The average molecular weight is 536 g/mol. The number of hydrogen-bond acceptors (Lipinski definition) is 14. The van der Waals surface area contributed by atoms with E-state index in [-0.39, 0.29) is 57.5 Å². The predicted octanol–water partition coefficient (Wildman–Crippen LogP) is 3.83. The van der Waals surface area contributed by atoms with Gasteiger partial charge in [-0.2, -0.15) is 0 Å². The van der Waals surface area contributed by atoms with Crippen LogP contribution < -0.4 is 4.74 Å². The molecule has 0 N–H and O–H groups in total. The highest BCUT2D eigenvalue weighted by molar-refractivity contribution is 8.77. The third-order valence-electron chi connectivity index (χ3n) is 4.29. The van der Waals surface area contributed by atoms with Crippen LogP contribution in [-0.2, 0) is 28.4 Å². The minimum Gasteiger partial charge on any atom is -0.434 e. The third kappa shape index (κ3) is 10.9. The minimum absolute atomic E-state index is 0.00102. The van der Waals surface area contributed by atoms with E-state index >= 15 is 0 Å². The molecule has 1 aliphatic rings. The van der Waals surface area contributed by atoms with Crippen molar-refractivity contribution in [1.82, 2.24) is 0 Å². The molecule has 0 atom stereocenters. The van der Waals surface area contributed by atoms with Gasteiger partial charge in [0.2, 0.25) is 0 Å². The molecule has 1 aliphatic heterocycles. The van der Waals surface area contributed by atoms with Gasteiger partial charge in [-0.3, -0.25) is 10.1 Å². The maximum atomic E-state index is 12.0. The first-order valence-electron chi connectivity index (χ1n) is 10.2. The van der Waals surface area contributed by atoms with Gasteiger partial charge in [0.15, 0.2) is 0 Å². The summed E-state index contributed by atoms with van der Waals surface area (Å²) < 4.78 is 34.6. The highest BCUT2D eigenvalue weighted by Crippen LogP contribution is 2.43. The van der Waals surface area contributed by atoms with E-state index in [1.165, 1.54) is 31.4 Å². The topological polar surface area (TPSA) is 159 Å². The number of methoxy groups -OCH3 is 1. The molecule has 35 heavy (non-hydrogen) atoms. The Morgan fingerprint density at radius 1 is 0.857 bits per heavy atom. The molecule has 2 rings (SSSR count). The Balaban J connectivity index is 1.66. The van der Waals surface area contributed by atoms with Gasteiger partial charge in [0, 0.05) is 37.2 Å². The summed E-state index contributed by atoms with van der Waals surface area (Å²) in [6.07, 6.45) is -2.47. The number of benzene rings is 1. The van der Waals surface area contributed by atoms with Crippen LogP contribution in [0.15, 0.2) is 24.3 Å².